The van der Waals surface area contributed by atoms with Crippen molar-refractivity contribution in [3.05, 3.63) is 63.4 Å². The third kappa shape index (κ3) is 8.95. The van der Waals surface area contributed by atoms with Crippen LogP contribution in [0.15, 0.2) is 52.2 Å². The number of nitrogens with zero attached hydrogens (tertiary/aromatic N) is 2. The first-order valence-corrected chi connectivity index (χ1v) is 14.4. The lowest BCUT2D eigenvalue weighted by Gasteiger charge is -2.25. The fraction of sp³-hybridized carbons (Fsp3) is 0.520. The number of nitrogens with one attached hydrogen (secondary N) is 1. The van der Waals surface area contributed by atoms with Gasteiger partial charge in [0, 0.05) is 12.3 Å². The van der Waals surface area contributed by atoms with Gasteiger partial charge in [0.2, 0.25) is 0 Å². The first-order chi connectivity index (χ1) is 19.7. The van der Waals surface area contributed by atoms with Crippen LogP contribution in [0.25, 0.3) is 0 Å². The van der Waals surface area contributed by atoms with E-state index in [0.717, 1.165) is 19.2 Å². The molecule has 1 saturated heterocycles. The van der Waals surface area contributed by atoms with Gasteiger partial charge < -0.3 is 29.6 Å². The van der Waals surface area contributed by atoms with Crippen LogP contribution < -0.4 is 26.6 Å². The molecule has 0 bridgehead atoms. The van der Waals surface area contributed by atoms with Gasteiger partial charge in [-0.2, -0.15) is 5.09 Å². The average Bonchev–Trinajstić information content (AvgIpc) is 3.15. The van der Waals surface area contributed by atoms with Crippen molar-refractivity contribution in [2.75, 3.05) is 13.2 Å². The van der Waals surface area contributed by atoms with Gasteiger partial charge >= 0.3 is 25.4 Å². The smallest absolute Gasteiger partial charge is 0.459 e. The summed E-state index contributed by atoms with van der Waals surface area (Å²) < 4.78 is 57.3. The first kappa shape index (κ1) is 36.1. The Morgan fingerprint density at radius 3 is 2.47 bits per heavy atom. The van der Waals surface area contributed by atoms with Crippen molar-refractivity contribution in [2.45, 2.75) is 70.7 Å². The van der Waals surface area contributed by atoms with Gasteiger partial charge in [-0.3, -0.25) is 23.5 Å². The van der Waals surface area contributed by atoms with Crippen LogP contribution in [-0.2, 0) is 39.6 Å². The minimum atomic E-state index is -4.39. The van der Waals surface area contributed by atoms with Gasteiger partial charge in [-0.05, 0) is 39.8 Å². The number of benzene rings is 1. The lowest BCUT2D eigenvalue weighted by Crippen LogP contribution is -2.46. The predicted molar refractivity (Wildman–Crippen MR) is 151 cm³/mol. The van der Waals surface area contributed by atoms with Gasteiger partial charge in [-0.1, -0.05) is 18.2 Å². The Bertz CT molecular complexity index is 1420. The Hall–Kier alpha value is -3.11. The number of halogens is 2. The molecule has 0 radical (unpaired) electrons. The van der Waals surface area contributed by atoms with Crippen LogP contribution in [-0.4, -0.2) is 69.4 Å². The maximum Gasteiger partial charge on any atom is 0.459 e. The lowest BCUT2D eigenvalue weighted by atomic mass is 9.98. The van der Waals surface area contributed by atoms with E-state index in [1.807, 2.05) is 0 Å². The van der Waals surface area contributed by atoms with E-state index in [9.17, 15) is 28.8 Å². The molecule has 4 N–H and O–H groups in total. The first-order valence-electron chi connectivity index (χ1n) is 12.9. The Balaban J connectivity index is 0.00000645. The molecule has 1 aromatic heterocycles. The number of carbonyl (C=O) groups excluding carboxylic acids is 2. The molecule has 0 saturated carbocycles. The van der Waals surface area contributed by atoms with Crippen molar-refractivity contribution in [2.24, 2.45) is 5.73 Å². The van der Waals surface area contributed by atoms with Crippen molar-refractivity contribution in [1.29, 1.82) is 0 Å². The summed E-state index contributed by atoms with van der Waals surface area (Å²) in [5.41, 5.74) is 0.578. The second kappa shape index (κ2) is 15.1. The zero-order valence-electron chi connectivity index (χ0n) is 23.8. The van der Waals surface area contributed by atoms with Crippen LogP contribution in [0.4, 0.5) is 4.39 Å². The van der Waals surface area contributed by atoms with Gasteiger partial charge in [-0.25, -0.2) is 18.3 Å². The fourth-order valence-corrected chi connectivity index (χ4v) is 5.38. The number of alkyl halides is 1. The van der Waals surface area contributed by atoms with Crippen molar-refractivity contribution >= 4 is 32.1 Å². The minimum absolute atomic E-state index is 0. The zero-order valence-corrected chi connectivity index (χ0v) is 25.5. The van der Waals surface area contributed by atoms with Gasteiger partial charge in [0.25, 0.3) is 5.56 Å². The molecule has 1 aliphatic rings. The number of aliphatic hydroxyl groups excluding tert-OH is 1. The highest BCUT2D eigenvalue weighted by atomic mass is 35.5. The molecule has 0 unspecified atom stereocenters. The number of nitrogens with two attached hydrogens (primary N) is 1. The Morgan fingerprint density at radius 1 is 1.21 bits per heavy atom. The number of hydrogen-bond donors (Lipinski definition) is 3. The molecular formula is C25H35ClFN4O11P. The third-order valence-corrected chi connectivity index (χ3v) is 7.66. The van der Waals surface area contributed by atoms with Crippen molar-refractivity contribution in [1.82, 2.24) is 14.2 Å². The van der Waals surface area contributed by atoms with Crippen LogP contribution in [0.5, 0.6) is 5.75 Å². The maximum atomic E-state index is 15.8. The van der Waals surface area contributed by atoms with E-state index < -0.39 is 87.1 Å². The Morgan fingerprint density at radius 2 is 1.86 bits per heavy atom. The topological polar surface area (TPSA) is 200 Å². The third-order valence-electron chi connectivity index (χ3n) is 6.02. The summed E-state index contributed by atoms with van der Waals surface area (Å²) in [6, 6.07) is 7.61. The summed E-state index contributed by atoms with van der Waals surface area (Å²) in [6.07, 6.45) is -4.70. The number of esters is 2. The van der Waals surface area contributed by atoms with Crippen LogP contribution in [0.3, 0.4) is 0 Å². The highest BCUT2D eigenvalue weighted by molar-refractivity contribution is 7.52. The second-order valence-corrected chi connectivity index (χ2v) is 11.5. The lowest BCUT2D eigenvalue weighted by molar-refractivity contribution is -0.149. The zero-order chi connectivity index (χ0) is 31.2. The van der Waals surface area contributed by atoms with E-state index in [2.05, 4.69) is 5.09 Å². The van der Waals surface area contributed by atoms with Crippen LogP contribution in [0.1, 0.15) is 33.9 Å². The number of ether oxygens (including phenoxy) is 3. The predicted octanol–water partition coefficient (Wildman–Crippen LogP) is 1.01. The molecule has 1 aliphatic heterocycles. The summed E-state index contributed by atoms with van der Waals surface area (Å²) in [7, 11) is -4.39. The van der Waals surface area contributed by atoms with E-state index in [-0.39, 0.29) is 18.2 Å². The summed E-state index contributed by atoms with van der Waals surface area (Å²) in [6.45, 7) is 3.59. The molecule has 2 aromatic rings. The molecule has 43 heavy (non-hydrogen) atoms. The monoisotopic (exact) mass is 652 g/mol. The van der Waals surface area contributed by atoms with E-state index >= 15 is 4.39 Å². The molecule has 18 heteroatoms. The van der Waals surface area contributed by atoms with Crippen LogP contribution in [0.2, 0.25) is 0 Å². The summed E-state index contributed by atoms with van der Waals surface area (Å²) in [5.74, 6) is -1.52. The molecule has 1 aromatic carbocycles. The van der Waals surface area contributed by atoms with Crippen LogP contribution in [0, 0.1) is 0 Å². The normalized spacial score (nSPS) is 23.6. The van der Waals surface area contributed by atoms with E-state index in [4.69, 9.17) is 29.0 Å². The molecular weight excluding hydrogens is 618 g/mol. The van der Waals surface area contributed by atoms with Crippen molar-refractivity contribution < 1.29 is 46.9 Å². The standard InChI is InChI=1S/C25H34FN4O11P.ClH/c1-15(2)39-22(34)16(3)28-42(36,41-17-8-6-5-7-9-17)38-13-18-21(33)25(4,26)23(40-18)29-11-10-19(31)30(24(29)35)14-37-20(32)12-27;/h5-11,15-16,18,21,23,33H,12-14,27H2,1-4H3,(H,28,36);1H/t16-,18+,21+,23+,25+,42-;/m0./s1. The van der Waals surface area contributed by atoms with Gasteiger partial charge in [0.15, 0.2) is 18.6 Å². The molecule has 0 aliphatic carbocycles. The number of rotatable bonds is 13. The SMILES string of the molecule is CC(C)OC(=O)[C@H](C)N[P@](=O)(OC[C@H]1O[C@@H](n2ccc(=O)n(COC(=O)CN)c2=O)[C@](C)(F)[C@@H]1O)Oc1ccccc1.Cl. The Kier molecular flexibility index (Phi) is 12.6. The number of aliphatic hydroxyl groups is 1. The number of aromatic nitrogens is 2. The number of para-hydroxylation sites is 1. The highest BCUT2D eigenvalue weighted by Crippen LogP contribution is 2.47. The van der Waals surface area contributed by atoms with Gasteiger partial charge in [0.05, 0.1) is 19.3 Å². The molecule has 0 spiro atoms. The highest BCUT2D eigenvalue weighted by Gasteiger charge is 2.56. The van der Waals surface area contributed by atoms with E-state index in [1.165, 1.54) is 19.1 Å². The van der Waals surface area contributed by atoms with Crippen molar-refractivity contribution in [3.8, 4) is 5.75 Å². The molecule has 1 fully saturated rings. The molecule has 2 heterocycles. The van der Waals surface area contributed by atoms with E-state index in [1.54, 1.807) is 32.0 Å². The van der Waals surface area contributed by atoms with Gasteiger partial charge in [-0.15, -0.1) is 12.4 Å². The molecule has 240 valence electrons. The largest absolute Gasteiger partial charge is 0.462 e. The van der Waals surface area contributed by atoms with Gasteiger partial charge in [0.1, 0.15) is 24.0 Å². The number of carbonyl (C=O) groups is 2. The average molecular weight is 653 g/mol. The summed E-state index contributed by atoms with van der Waals surface area (Å²) in [5, 5.41) is 13.2. The van der Waals surface area contributed by atoms with E-state index in [0.29, 0.717) is 9.13 Å². The summed E-state index contributed by atoms with van der Waals surface area (Å²) >= 11 is 0. The molecule has 15 nitrogen and oxygen atoms in total. The quantitative estimate of drug-likeness (QED) is 0.205. The van der Waals surface area contributed by atoms with Crippen molar-refractivity contribution in [3.63, 3.8) is 0 Å². The maximum absolute atomic E-state index is 15.8. The minimum Gasteiger partial charge on any atom is -0.462 e. The fourth-order valence-electron chi connectivity index (χ4n) is 3.88. The summed E-state index contributed by atoms with van der Waals surface area (Å²) in [4.78, 5) is 48.9. The molecule has 6 atom stereocenters. The molecule has 0 amide bonds. The van der Waals surface area contributed by atoms with Crippen LogP contribution >= 0.6 is 20.2 Å². The second-order valence-electron chi connectivity index (χ2n) is 9.78. The number of hydrogen-bond acceptors (Lipinski definition) is 12. The molecule has 3 rings (SSSR count). The Labute approximate surface area is 252 Å².